The van der Waals surface area contributed by atoms with E-state index in [1.165, 1.54) is 12.1 Å². The number of hydrogen-bond donors (Lipinski definition) is 1. The zero-order valence-corrected chi connectivity index (χ0v) is 15.0. The Labute approximate surface area is 146 Å². The number of rotatable bonds is 4. The summed E-state index contributed by atoms with van der Waals surface area (Å²) in [6.45, 7) is 3.92. The topological polar surface area (TPSA) is 87.2 Å². The first-order chi connectivity index (χ1) is 11.8. The second-order valence-corrected chi connectivity index (χ2v) is 7.36. The molecule has 0 radical (unpaired) electrons. The van der Waals surface area contributed by atoms with Crippen molar-refractivity contribution in [2.45, 2.75) is 18.7 Å². The number of ether oxygens (including phenoxy) is 1. The van der Waals surface area contributed by atoms with Crippen molar-refractivity contribution in [1.29, 1.82) is 0 Å². The smallest absolute Gasteiger partial charge is 0.238 e. The molecule has 6 nitrogen and oxygen atoms in total. The molecule has 0 saturated carbocycles. The summed E-state index contributed by atoms with van der Waals surface area (Å²) in [5, 5.41) is 9.74. The van der Waals surface area contributed by atoms with Crippen LogP contribution >= 0.6 is 0 Å². The number of sulfonamides is 1. The van der Waals surface area contributed by atoms with Crippen LogP contribution in [-0.4, -0.2) is 25.3 Å². The third kappa shape index (κ3) is 3.42. The largest absolute Gasteiger partial charge is 0.496 e. The number of nitrogens with two attached hydrogens (primary N) is 1. The minimum atomic E-state index is -3.80. The van der Waals surface area contributed by atoms with E-state index in [9.17, 15) is 8.42 Å². The second kappa shape index (κ2) is 6.34. The third-order valence-electron chi connectivity index (χ3n) is 3.91. The zero-order chi connectivity index (χ0) is 18.2. The maximum atomic E-state index is 11.7. The lowest BCUT2D eigenvalue weighted by molar-refractivity contribution is 0.416. The Hall–Kier alpha value is -2.64. The van der Waals surface area contributed by atoms with Gasteiger partial charge in [-0.2, -0.15) is 5.10 Å². The molecule has 0 aliphatic carbocycles. The lowest BCUT2D eigenvalue weighted by atomic mass is 10.0. The van der Waals surface area contributed by atoms with E-state index in [0.29, 0.717) is 11.3 Å². The molecule has 0 atom stereocenters. The van der Waals surface area contributed by atoms with Crippen molar-refractivity contribution in [3.63, 3.8) is 0 Å². The molecular formula is C18H19N3O3S. The van der Waals surface area contributed by atoms with Crippen molar-refractivity contribution in [1.82, 2.24) is 9.78 Å². The highest BCUT2D eigenvalue weighted by Crippen LogP contribution is 2.33. The predicted molar refractivity (Wildman–Crippen MR) is 96.4 cm³/mol. The summed E-state index contributed by atoms with van der Waals surface area (Å²) in [5.74, 6) is 0.568. The number of methoxy groups -OCH3 is 1. The Kier molecular flexibility index (Phi) is 4.36. The average Bonchev–Trinajstić information content (AvgIpc) is 2.92. The Morgan fingerprint density at radius 3 is 2.44 bits per heavy atom. The molecule has 0 aliphatic rings. The molecule has 7 heteroatoms. The van der Waals surface area contributed by atoms with Gasteiger partial charge in [-0.1, -0.05) is 12.1 Å². The van der Waals surface area contributed by atoms with Gasteiger partial charge in [0.15, 0.2) is 0 Å². The van der Waals surface area contributed by atoms with Gasteiger partial charge in [0.05, 0.1) is 23.4 Å². The van der Waals surface area contributed by atoms with Gasteiger partial charge in [0, 0.05) is 11.3 Å². The Morgan fingerprint density at radius 2 is 1.84 bits per heavy atom. The Balaban J connectivity index is 2.17. The van der Waals surface area contributed by atoms with Crippen molar-refractivity contribution in [2.24, 2.45) is 5.14 Å². The summed E-state index contributed by atoms with van der Waals surface area (Å²) in [5.41, 5.74) is 4.28. The molecule has 25 heavy (non-hydrogen) atoms. The van der Waals surface area contributed by atoms with E-state index in [4.69, 9.17) is 9.88 Å². The Bertz CT molecular complexity index is 1040. The standard InChI is InChI=1S/C18H19N3O3S/c1-12-9-13(2)21(20-12)15-6-4-5-14(10-15)17-11-16(25(19,22)23)7-8-18(17)24-3/h4-11H,1-3H3,(H2,19,22,23). The van der Waals surface area contributed by atoms with Gasteiger partial charge in [-0.3, -0.25) is 0 Å². The zero-order valence-electron chi connectivity index (χ0n) is 14.2. The van der Waals surface area contributed by atoms with E-state index in [1.54, 1.807) is 13.2 Å². The summed E-state index contributed by atoms with van der Waals surface area (Å²) in [6.07, 6.45) is 0. The molecular weight excluding hydrogens is 338 g/mol. The first-order valence-corrected chi connectivity index (χ1v) is 9.19. The van der Waals surface area contributed by atoms with Gasteiger partial charge in [0.2, 0.25) is 10.0 Å². The van der Waals surface area contributed by atoms with Gasteiger partial charge in [-0.05, 0) is 55.8 Å². The maximum Gasteiger partial charge on any atom is 0.238 e. The van der Waals surface area contributed by atoms with Gasteiger partial charge in [0.25, 0.3) is 0 Å². The normalized spacial score (nSPS) is 11.5. The van der Waals surface area contributed by atoms with Gasteiger partial charge >= 0.3 is 0 Å². The van der Waals surface area contributed by atoms with Gasteiger partial charge in [0.1, 0.15) is 5.75 Å². The molecule has 0 saturated heterocycles. The van der Waals surface area contributed by atoms with Crippen LogP contribution in [0.25, 0.3) is 16.8 Å². The molecule has 3 aromatic rings. The van der Waals surface area contributed by atoms with Gasteiger partial charge in [-0.15, -0.1) is 0 Å². The van der Waals surface area contributed by atoms with E-state index >= 15 is 0 Å². The lowest BCUT2D eigenvalue weighted by Crippen LogP contribution is -2.12. The van der Waals surface area contributed by atoms with Crippen molar-refractivity contribution in [3.05, 3.63) is 59.9 Å². The van der Waals surface area contributed by atoms with Gasteiger partial charge in [-0.25, -0.2) is 18.2 Å². The quantitative estimate of drug-likeness (QED) is 0.778. The summed E-state index contributed by atoms with van der Waals surface area (Å²) in [6, 6.07) is 14.2. The van der Waals surface area contributed by atoms with Gasteiger partial charge < -0.3 is 4.74 Å². The van der Waals surface area contributed by atoms with Crippen LogP contribution in [0.15, 0.2) is 53.4 Å². The first kappa shape index (κ1) is 17.2. The number of aryl methyl sites for hydroxylation is 2. The highest BCUT2D eigenvalue weighted by atomic mass is 32.2. The van der Waals surface area contributed by atoms with E-state index in [0.717, 1.165) is 22.6 Å². The molecule has 0 fully saturated rings. The van der Waals surface area contributed by atoms with E-state index in [-0.39, 0.29) is 4.90 Å². The van der Waals surface area contributed by atoms with Crippen molar-refractivity contribution in [2.75, 3.05) is 7.11 Å². The number of hydrogen-bond acceptors (Lipinski definition) is 4. The average molecular weight is 357 g/mol. The second-order valence-electron chi connectivity index (χ2n) is 5.80. The predicted octanol–water partition coefficient (Wildman–Crippen LogP) is 2.81. The van der Waals surface area contributed by atoms with E-state index in [2.05, 4.69) is 5.10 Å². The number of nitrogens with zero attached hydrogens (tertiary/aromatic N) is 2. The number of primary sulfonamides is 1. The van der Waals surface area contributed by atoms with E-state index < -0.39 is 10.0 Å². The van der Waals surface area contributed by atoms with Crippen molar-refractivity contribution < 1.29 is 13.2 Å². The molecule has 1 aromatic heterocycles. The fourth-order valence-electron chi connectivity index (χ4n) is 2.79. The first-order valence-electron chi connectivity index (χ1n) is 7.64. The summed E-state index contributed by atoms with van der Waals surface area (Å²) >= 11 is 0. The molecule has 0 unspecified atom stereocenters. The molecule has 0 bridgehead atoms. The van der Waals surface area contributed by atoms with Crippen LogP contribution in [0, 0.1) is 13.8 Å². The molecule has 2 N–H and O–H groups in total. The highest BCUT2D eigenvalue weighted by molar-refractivity contribution is 7.89. The summed E-state index contributed by atoms with van der Waals surface area (Å²) < 4.78 is 30.6. The molecule has 130 valence electrons. The summed E-state index contributed by atoms with van der Waals surface area (Å²) in [4.78, 5) is 0.0415. The summed E-state index contributed by atoms with van der Waals surface area (Å²) in [7, 11) is -2.26. The van der Waals surface area contributed by atoms with Crippen LogP contribution < -0.4 is 9.88 Å². The molecule has 0 amide bonds. The maximum absolute atomic E-state index is 11.7. The number of aromatic nitrogens is 2. The number of benzene rings is 2. The minimum Gasteiger partial charge on any atom is -0.496 e. The molecule has 0 spiro atoms. The fourth-order valence-corrected chi connectivity index (χ4v) is 3.32. The third-order valence-corrected chi connectivity index (χ3v) is 4.82. The van der Waals surface area contributed by atoms with Crippen LogP contribution in [0.1, 0.15) is 11.4 Å². The Morgan fingerprint density at radius 1 is 1.08 bits per heavy atom. The minimum absolute atomic E-state index is 0.0415. The van der Waals surface area contributed by atoms with Crippen LogP contribution in [0.5, 0.6) is 5.75 Å². The molecule has 2 aromatic carbocycles. The van der Waals surface area contributed by atoms with Crippen molar-refractivity contribution in [3.8, 4) is 22.6 Å². The fraction of sp³-hybridized carbons (Fsp3) is 0.167. The van der Waals surface area contributed by atoms with Crippen LogP contribution in [0.4, 0.5) is 0 Å². The van der Waals surface area contributed by atoms with Crippen LogP contribution in [-0.2, 0) is 10.0 Å². The molecule has 3 rings (SSSR count). The lowest BCUT2D eigenvalue weighted by Gasteiger charge is -2.12. The van der Waals surface area contributed by atoms with Crippen molar-refractivity contribution >= 4 is 10.0 Å². The SMILES string of the molecule is COc1ccc(S(N)(=O)=O)cc1-c1cccc(-n2nc(C)cc2C)c1. The highest BCUT2D eigenvalue weighted by Gasteiger charge is 2.14. The molecule has 1 heterocycles. The van der Waals surface area contributed by atoms with Crippen LogP contribution in [0.2, 0.25) is 0 Å². The molecule has 0 aliphatic heterocycles. The van der Waals surface area contributed by atoms with E-state index in [1.807, 2.05) is 48.9 Å². The monoisotopic (exact) mass is 357 g/mol. The van der Waals surface area contributed by atoms with Crippen LogP contribution in [0.3, 0.4) is 0 Å².